The molecule has 0 saturated heterocycles. The lowest BCUT2D eigenvalue weighted by molar-refractivity contribution is -0.157. The van der Waals surface area contributed by atoms with Gasteiger partial charge in [-0.1, -0.05) is 13.8 Å². The highest BCUT2D eigenvalue weighted by Crippen LogP contribution is 2.19. The van der Waals surface area contributed by atoms with Crippen molar-refractivity contribution in [3.05, 3.63) is 0 Å². The Labute approximate surface area is 120 Å². The molecule has 0 aliphatic rings. The summed E-state index contributed by atoms with van der Waals surface area (Å²) < 4.78 is 9.96. The molecule has 0 aliphatic heterocycles. The van der Waals surface area contributed by atoms with Crippen LogP contribution < -0.4 is 0 Å². The maximum atomic E-state index is 11.8. The molecule has 0 spiro atoms. The maximum Gasteiger partial charge on any atom is 0.309 e. The molecule has 20 heavy (non-hydrogen) atoms. The molecule has 4 unspecified atom stereocenters. The van der Waals surface area contributed by atoms with Crippen LogP contribution in [-0.2, 0) is 19.1 Å². The number of rotatable bonds is 9. The van der Waals surface area contributed by atoms with Crippen molar-refractivity contribution in [2.75, 3.05) is 13.2 Å². The summed E-state index contributed by atoms with van der Waals surface area (Å²) in [6.07, 6.45) is -0.380. The van der Waals surface area contributed by atoms with Gasteiger partial charge in [-0.25, -0.2) is 0 Å². The zero-order chi connectivity index (χ0) is 15.7. The highest BCUT2D eigenvalue weighted by atomic mass is 16.6. The van der Waals surface area contributed by atoms with Crippen LogP contribution in [0.2, 0.25) is 0 Å². The predicted octanol–water partition coefficient (Wildman–Crippen LogP) is 0.887. The van der Waals surface area contributed by atoms with E-state index < -0.39 is 36.0 Å². The van der Waals surface area contributed by atoms with Gasteiger partial charge < -0.3 is 19.7 Å². The quantitative estimate of drug-likeness (QED) is 0.613. The van der Waals surface area contributed by atoms with Crippen molar-refractivity contribution in [2.45, 2.75) is 52.7 Å². The van der Waals surface area contributed by atoms with Gasteiger partial charge >= 0.3 is 11.9 Å². The standard InChI is InChI=1S/C14H26O6/c1-5-12(14(18)20-11(4)7-15)6-9(2)13(17)19-8-10(3)16/h9-12,15-16H,5-8H2,1-4H3. The summed E-state index contributed by atoms with van der Waals surface area (Å²) >= 11 is 0. The number of carbonyl (C=O) groups is 2. The molecule has 4 atom stereocenters. The number of hydrogen-bond donors (Lipinski definition) is 2. The highest BCUT2D eigenvalue weighted by molar-refractivity contribution is 5.75. The molecule has 0 heterocycles. The Kier molecular flexibility index (Phi) is 9.16. The number of aliphatic hydroxyl groups excluding tert-OH is 2. The summed E-state index contributed by atoms with van der Waals surface area (Å²) in [7, 11) is 0. The van der Waals surface area contributed by atoms with Gasteiger partial charge in [0.2, 0.25) is 0 Å². The molecule has 0 rings (SSSR count). The third-order valence-electron chi connectivity index (χ3n) is 2.91. The third kappa shape index (κ3) is 7.45. The molecule has 0 bridgehead atoms. The van der Waals surface area contributed by atoms with Crippen LogP contribution in [0, 0.1) is 11.8 Å². The fourth-order valence-electron chi connectivity index (χ4n) is 1.63. The average Bonchev–Trinajstić information content (AvgIpc) is 2.41. The fraction of sp³-hybridized carbons (Fsp3) is 0.857. The first-order valence-corrected chi connectivity index (χ1v) is 6.97. The van der Waals surface area contributed by atoms with E-state index in [2.05, 4.69) is 0 Å². The molecule has 6 nitrogen and oxygen atoms in total. The molecule has 0 amide bonds. The van der Waals surface area contributed by atoms with E-state index in [1.165, 1.54) is 6.92 Å². The van der Waals surface area contributed by atoms with Gasteiger partial charge in [0.25, 0.3) is 0 Å². The lowest BCUT2D eigenvalue weighted by Crippen LogP contribution is -2.28. The van der Waals surface area contributed by atoms with Crippen LogP contribution >= 0.6 is 0 Å². The molecule has 118 valence electrons. The van der Waals surface area contributed by atoms with E-state index in [1.54, 1.807) is 13.8 Å². The lowest BCUT2D eigenvalue weighted by Gasteiger charge is -2.20. The van der Waals surface area contributed by atoms with Crippen molar-refractivity contribution in [2.24, 2.45) is 11.8 Å². The van der Waals surface area contributed by atoms with Crippen LogP contribution in [0.4, 0.5) is 0 Å². The number of esters is 2. The van der Waals surface area contributed by atoms with Gasteiger partial charge in [-0.2, -0.15) is 0 Å². The fourth-order valence-corrected chi connectivity index (χ4v) is 1.63. The molecule has 0 radical (unpaired) electrons. The summed E-state index contributed by atoms with van der Waals surface area (Å²) in [5.74, 6) is -1.70. The van der Waals surface area contributed by atoms with Gasteiger partial charge in [0, 0.05) is 0 Å². The zero-order valence-corrected chi connectivity index (χ0v) is 12.7. The number of hydrogen-bond acceptors (Lipinski definition) is 6. The largest absolute Gasteiger partial charge is 0.463 e. The van der Waals surface area contributed by atoms with E-state index in [9.17, 15) is 9.59 Å². The highest BCUT2D eigenvalue weighted by Gasteiger charge is 2.26. The molecule has 2 N–H and O–H groups in total. The SMILES string of the molecule is CCC(CC(C)C(=O)OCC(C)O)C(=O)OC(C)CO. The third-order valence-corrected chi connectivity index (χ3v) is 2.91. The van der Waals surface area contributed by atoms with E-state index >= 15 is 0 Å². The van der Waals surface area contributed by atoms with Gasteiger partial charge in [-0.05, 0) is 26.7 Å². The van der Waals surface area contributed by atoms with Crippen LogP contribution in [0.15, 0.2) is 0 Å². The summed E-state index contributed by atoms with van der Waals surface area (Å²) in [5.41, 5.74) is 0. The summed E-state index contributed by atoms with van der Waals surface area (Å²) in [6, 6.07) is 0. The second kappa shape index (κ2) is 9.72. The Morgan fingerprint density at radius 2 is 1.75 bits per heavy atom. The van der Waals surface area contributed by atoms with Crippen LogP contribution in [0.1, 0.15) is 40.5 Å². The number of ether oxygens (including phenoxy) is 2. The lowest BCUT2D eigenvalue weighted by atomic mass is 9.94. The molecule has 0 aromatic heterocycles. The van der Waals surface area contributed by atoms with Crippen molar-refractivity contribution < 1.29 is 29.3 Å². The minimum Gasteiger partial charge on any atom is -0.463 e. The van der Waals surface area contributed by atoms with Crippen LogP contribution in [-0.4, -0.2) is 47.6 Å². The Hall–Kier alpha value is -1.14. The van der Waals surface area contributed by atoms with Crippen molar-refractivity contribution >= 4 is 11.9 Å². The normalized spacial score (nSPS) is 16.9. The summed E-state index contributed by atoms with van der Waals surface area (Å²) in [5, 5.41) is 17.9. The van der Waals surface area contributed by atoms with Crippen LogP contribution in [0.25, 0.3) is 0 Å². The van der Waals surface area contributed by atoms with E-state index in [-0.39, 0.29) is 13.2 Å². The van der Waals surface area contributed by atoms with E-state index in [1.807, 2.05) is 6.92 Å². The monoisotopic (exact) mass is 290 g/mol. The van der Waals surface area contributed by atoms with Gasteiger partial charge in [-0.15, -0.1) is 0 Å². The molecular formula is C14H26O6. The molecule has 0 aromatic carbocycles. The molecule has 0 aromatic rings. The summed E-state index contributed by atoms with van der Waals surface area (Å²) in [4.78, 5) is 23.5. The Balaban J connectivity index is 4.33. The molecule has 0 aliphatic carbocycles. The second-order valence-corrected chi connectivity index (χ2v) is 5.15. The van der Waals surface area contributed by atoms with Gasteiger partial charge in [0.1, 0.15) is 12.7 Å². The Morgan fingerprint density at radius 1 is 1.15 bits per heavy atom. The molecule has 0 fully saturated rings. The van der Waals surface area contributed by atoms with E-state index in [0.717, 1.165) is 0 Å². The zero-order valence-electron chi connectivity index (χ0n) is 12.7. The van der Waals surface area contributed by atoms with Gasteiger partial charge in [0.05, 0.1) is 24.5 Å². The Bertz CT molecular complexity index is 302. The van der Waals surface area contributed by atoms with Gasteiger partial charge in [0.15, 0.2) is 0 Å². The van der Waals surface area contributed by atoms with Crippen molar-refractivity contribution in [1.29, 1.82) is 0 Å². The van der Waals surface area contributed by atoms with E-state index in [0.29, 0.717) is 12.8 Å². The second-order valence-electron chi connectivity index (χ2n) is 5.15. The minimum absolute atomic E-state index is 0.0496. The molecule has 6 heteroatoms. The van der Waals surface area contributed by atoms with Gasteiger partial charge in [-0.3, -0.25) is 9.59 Å². The first kappa shape index (κ1) is 18.9. The van der Waals surface area contributed by atoms with Crippen molar-refractivity contribution in [3.63, 3.8) is 0 Å². The number of aliphatic hydroxyl groups is 2. The van der Waals surface area contributed by atoms with Crippen LogP contribution in [0.5, 0.6) is 0 Å². The summed E-state index contributed by atoms with van der Waals surface area (Å²) in [6.45, 7) is 6.37. The molecular weight excluding hydrogens is 264 g/mol. The van der Waals surface area contributed by atoms with Crippen LogP contribution in [0.3, 0.4) is 0 Å². The number of carbonyl (C=O) groups excluding carboxylic acids is 2. The maximum absolute atomic E-state index is 11.8. The van der Waals surface area contributed by atoms with E-state index in [4.69, 9.17) is 19.7 Å². The topological polar surface area (TPSA) is 93.1 Å². The smallest absolute Gasteiger partial charge is 0.309 e. The van der Waals surface area contributed by atoms with Crippen molar-refractivity contribution in [1.82, 2.24) is 0 Å². The first-order valence-electron chi connectivity index (χ1n) is 6.97. The van der Waals surface area contributed by atoms with Crippen molar-refractivity contribution in [3.8, 4) is 0 Å². The minimum atomic E-state index is -0.705. The Morgan fingerprint density at radius 3 is 2.20 bits per heavy atom. The molecule has 0 saturated carbocycles. The first-order chi connectivity index (χ1) is 9.31. The average molecular weight is 290 g/mol. The predicted molar refractivity (Wildman–Crippen MR) is 72.8 cm³/mol.